The van der Waals surface area contributed by atoms with E-state index < -0.39 is 0 Å². The number of halogens is 1. The van der Waals surface area contributed by atoms with Crippen molar-refractivity contribution in [2.24, 2.45) is 0 Å². The Bertz CT molecular complexity index is 624. The van der Waals surface area contributed by atoms with Gasteiger partial charge in [0, 0.05) is 9.64 Å². The van der Waals surface area contributed by atoms with E-state index in [2.05, 4.69) is 38.5 Å². The average Bonchev–Trinajstić information content (AvgIpc) is 2.56. The summed E-state index contributed by atoms with van der Waals surface area (Å²) in [5, 5.41) is 0. The maximum absolute atomic E-state index is 12.6. The van der Waals surface area contributed by atoms with Gasteiger partial charge in [0.25, 0.3) is 11.7 Å². The van der Waals surface area contributed by atoms with Crippen molar-refractivity contribution in [3.05, 3.63) is 57.8 Å². The lowest BCUT2D eigenvalue weighted by atomic mass is 10.2. The zero-order valence-corrected chi connectivity index (χ0v) is 13.8. The Kier molecular flexibility index (Phi) is 4.38. The van der Waals surface area contributed by atoms with Crippen molar-refractivity contribution in [2.75, 3.05) is 31.1 Å². The molecule has 0 aliphatic carbocycles. The predicted molar refractivity (Wildman–Crippen MR) is 90.3 cm³/mol. The monoisotopic (exact) mass is 394 g/mol. The number of aromatic amines is 1. The van der Waals surface area contributed by atoms with Crippen molar-refractivity contribution in [1.29, 1.82) is 0 Å². The second kappa shape index (κ2) is 6.43. The first kappa shape index (κ1) is 14.3. The van der Waals surface area contributed by atoms with E-state index in [9.17, 15) is 4.79 Å². The van der Waals surface area contributed by atoms with Gasteiger partial charge in [0.1, 0.15) is 13.1 Å². The smallest absolute Gasteiger partial charge is 0.274 e. The molecule has 2 aromatic rings. The topological polar surface area (TPSA) is 37.7 Å². The van der Waals surface area contributed by atoms with E-state index in [0.29, 0.717) is 0 Å². The Balaban J connectivity index is 1.66. The summed E-state index contributed by atoms with van der Waals surface area (Å²) in [5.74, 6) is 1.25. The zero-order chi connectivity index (χ0) is 14.7. The molecule has 1 aliphatic rings. The number of H-pyrrole nitrogens is 1. The summed E-state index contributed by atoms with van der Waals surface area (Å²) in [7, 11) is 0. The molecule has 5 heteroatoms. The van der Waals surface area contributed by atoms with Gasteiger partial charge >= 0.3 is 0 Å². The van der Waals surface area contributed by atoms with Gasteiger partial charge in [-0.25, -0.2) is 4.98 Å². The standard InChI is InChI=1S/C16H16IN3O/c17-14-6-2-1-5-13(14)16(21)20-11-9-19(10-12-20)15-7-3-4-8-18-15/h1-8H,9-12H2/p+1. The molecule has 3 rings (SSSR count). The fourth-order valence-corrected chi connectivity index (χ4v) is 3.15. The van der Waals surface area contributed by atoms with Gasteiger partial charge in [0.15, 0.2) is 0 Å². The molecule has 0 atom stereocenters. The third-order valence-electron chi connectivity index (χ3n) is 3.70. The molecule has 1 amide bonds. The summed E-state index contributed by atoms with van der Waals surface area (Å²) < 4.78 is 1.01. The van der Waals surface area contributed by atoms with E-state index in [1.807, 2.05) is 47.5 Å². The molecule has 0 saturated carbocycles. The molecule has 0 spiro atoms. The first-order valence-electron chi connectivity index (χ1n) is 7.01. The van der Waals surface area contributed by atoms with Gasteiger partial charge in [-0.15, -0.1) is 0 Å². The highest BCUT2D eigenvalue weighted by Gasteiger charge is 2.27. The molecule has 108 valence electrons. The molecule has 21 heavy (non-hydrogen) atoms. The summed E-state index contributed by atoms with van der Waals surface area (Å²) >= 11 is 2.22. The molecule has 1 N–H and O–H groups in total. The largest absolute Gasteiger partial charge is 0.331 e. The number of rotatable bonds is 2. The number of carbonyl (C=O) groups excluding carboxylic acids is 1. The Morgan fingerprint density at radius 1 is 1.00 bits per heavy atom. The molecule has 4 nitrogen and oxygen atoms in total. The van der Waals surface area contributed by atoms with E-state index in [1.165, 1.54) is 0 Å². The van der Waals surface area contributed by atoms with Gasteiger partial charge in [0.2, 0.25) is 0 Å². The van der Waals surface area contributed by atoms with Gasteiger partial charge in [0.05, 0.1) is 24.8 Å². The van der Waals surface area contributed by atoms with Crippen LogP contribution in [-0.4, -0.2) is 37.0 Å². The highest BCUT2D eigenvalue weighted by atomic mass is 127. The van der Waals surface area contributed by atoms with Crippen LogP contribution in [0.3, 0.4) is 0 Å². The number of benzene rings is 1. The molecule has 0 radical (unpaired) electrons. The van der Waals surface area contributed by atoms with E-state index in [4.69, 9.17) is 0 Å². The fourth-order valence-electron chi connectivity index (χ4n) is 2.54. The van der Waals surface area contributed by atoms with Crippen LogP contribution in [-0.2, 0) is 0 Å². The van der Waals surface area contributed by atoms with Crippen LogP contribution >= 0.6 is 22.6 Å². The summed E-state index contributed by atoms with van der Waals surface area (Å²) in [6, 6.07) is 13.8. The second-order valence-corrected chi connectivity index (χ2v) is 6.17. The molecular weight excluding hydrogens is 377 g/mol. The summed E-state index contributed by atoms with van der Waals surface area (Å²) in [5.41, 5.74) is 0.804. The number of nitrogens with zero attached hydrogens (tertiary/aromatic N) is 2. The molecule has 0 unspecified atom stereocenters. The molecule has 1 aromatic carbocycles. The third-order valence-corrected chi connectivity index (χ3v) is 4.65. The third kappa shape index (κ3) is 3.18. The number of pyridine rings is 1. The quantitative estimate of drug-likeness (QED) is 0.732. The normalized spacial score (nSPS) is 15.1. The van der Waals surface area contributed by atoms with Crippen molar-refractivity contribution in [3.63, 3.8) is 0 Å². The minimum atomic E-state index is 0.136. The molecule has 2 heterocycles. The van der Waals surface area contributed by atoms with Crippen molar-refractivity contribution in [3.8, 4) is 0 Å². The van der Waals surface area contributed by atoms with Crippen LogP contribution in [0.4, 0.5) is 5.82 Å². The van der Waals surface area contributed by atoms with Crippen LogP contribution in [0.25, 0.3) is 0 Å². The molecule has 0 bridgehead atoms. The number of hydrogen-bond acceptors (Lipinski definition) is 2. The minimum absolute atomic E-state index is 0.136. The number of aromatic nitrogens is 1. The Morgan fingerprint density at radius 2 is 1.71 bits per heavy atom. The van der Waals surface area contributed by atoms with Gasteiger partial charge in [-0.05, 0) is 40.8 Å². The highest BCUT2D eigenvalue weighted by Crippen LogP contribution is 2.16. The number of carbonyl (C=O) groups is 1. The van der Waals surface area contributed by atoms with Crippen LogP contribution in [0.5, 0.6) is 0 Å². The molecule has 1 aromatic heterocycles. The van der Waals surface area contributed by atoms with E-state index in [1.54, 1.807) is 0 Å². The second-order valence-electron chi connectivity index (χ2n) is 5.01. The van der Waals surface area contributed by atoms with E-state index in [0.717, 1.165) is 41.1 Å². The summed E-state index contributed by atoms with van der Waals surface area (Å²) in [6.07, 6.45) is 1.93. The first-order chi connectivity index (χ1) is 10.3. The zero-order valence-electron chi connectivity index (χ0n) is 11.6. The fraction of sp³-hybridized carbons (Fsp3) is 0.250. The maximum Gasteiger partial charge on any atom is 0.274 e. The van der Waals surface area contributed by atoms with Crippen LogP contribution in [0.15, 0.2) is 48.7 Å². The van der Waals surface area contributed by atoms with Gasteiger partial charge in [-0.2, -0.15) is 0 Å². The lowest BCUT2D eigenvalue weighted by Crippen LogP contribution is -2.50. The summed E-state index contributed by atoms with van der Waals surface area (Å²) in [6.45, 7) is 3.23. The molecular formula is C16H17IN3O+. The number of piperazine rings is 1. The van der Waals surface area contributed by atoms with Gasteiger partial charge in [-0.3, -0.25) is 9.69 Å². The van der Waals surface area contributed by atoms with E-state index >= 15 is 0 Å². The molecule has 1 saturated heterocycles. The number of anilines is 1. The maximum atomic E-state index is 12.6. The Labute approximate surface area is 137 Å². The lowest BCUT2D eigenvalue weighted by molar-refractivity contribution is -0.364. The van der Waals surface area contributed by atoms with Crippen LogP contribution in [0.2, 0.25) is 0 Å². The van der Waals surface area contributed by atoms with Crippen molar-refractivity contribution < 1.29 is 9.78 Å². The first-order valence-corrected chi connectivity index (χ1v) is 8.09. The number of amides is 1. The van der Waals surface area contributed by atoms with Gasteiger partial charge < -0.3 is 4.90 Å². The van der Waals surface area contributed by atoms with Crippen molar-refractivity contribution in [2.45, 2.75) is 0 Å². The van der Waals surface area contributed by atoms with Crippen LogP contribution in [0, 0.1) is 3.57 Å². The molecule has 1 aliphatic heterocycles. The summed E-state index contributed by atoms with van der Waals surface area (Å²) in [4.78, 5) is 20.0. The van der Waals surface area contributed by atoms with Crippen LogP contribution in [0.1, 0.15) is 10.4 Å². The minimum Gasteiger partial charge on any atom is -0.331 e. The number of hydrogen-bond donors (Lipinski definition) is 0. The van der Waals surface area contributed by atoms with E-state index in [-0.39, 0.29) is 5.91 Å². The highest BCUT2D eigenvalue weighted by molar-refractivity contribution is 14.1. The number of nitrogens with one attached hydrogen (secondary N) is 1. The molecule has 1 fully saturated rings. The lowest BCUT2D eigenvalue weighted by Gasteiger charge is -2.31. The van der Waals surface area contributed by atoms with Crippen molar-refractivity contribution >= 4 is 34.3 Å². The predicted octanol–water partition coefficient (Wildman–Crippen LogP) is 2.07. The average molecular weight is 394 g/mol. The SMILES string of the molecule is O=C(c1ccccc1I)N1CCN(c2cccc[nH+]2)CC1. The van der Waals surface area contributed by atoms with Crippen molar-refractivity contribution in [1.82, 2.24) is 4.90 Å². The van der Waals surface area contributed by atoms with Gasteiger partial charge in [-0.1, -0.05) is 18.2 Å². The Morgan fingerprint density at radius 3 is 2.38 bits per heavy atom. The van der Waals surface area contributed by atoms with Crippen LogP contribution < -0.4 is 9.88 Å². The Hall–Kier alpha value is -1.63.